The van der Waals surface area contributed by atoms with Crippen molar-refractivity contribution in [3.8, 4) is 0 Å². The highest BCUT2D eigenvalue weighted by Crippen LogP contribution is 2.30. The lowest BCUT2D eigenvalue weighted by atomic mass is 10.0. The number of anilines is 2. The molecule has 1 N–H and O–H groups in total. The molecular weight excluding hydrogens is 476 g/mol. The van der Waals surface area contributed by atoms with Gasteiger partial charge in [-0.05, 0) is 64.1 Å². The van der Waals surface area contributed by atoms with Crippen LogP contribution in [0.15, 0.2) is 91.0 Å². The Morgan fingerprint density at radius 1 is 0.811 bits per heavy atom. The zero-order chi connectivity index (χ0) is 25.0. The fourth-order valence-corrected chi connectivity index (χ4v) is 5.95. The van der Waals surface area contributed by atoms with Crippen LogP contribution in [0, 0.1) is 0 Å². The predicted octanol–water partition coefficient (Wildman–Crippen LogP) is 6.00. The van der Waals surface area contributed by atoms with Gasteiger partial charge >= 0.3 is 0 Å². The lowest BCUT2D eigenvalue weighted by molar-refractivity contribution is -0.115. The molecule has 5 aromatic rings. The molecule has 186 valence electrons. The molecule has 0 unspecified atom stereocenters. The van der Waals surface area contributed by atoms with Gasteiger partial charge in [-0.15, -0.1) is 0 Å². The minimum Gasteiger partial charge on any atom is -0.353 e. The molecule has 4 aromatic carbocycles. The van der Waals surface area contributed by atoms with Gasteiger partial charge in [0.25, 0.3) is 0 Å². The maximum absolute atomic E-state index is 12.7. The number of rotatable bonds is 7. The topological polar surface area (TPSA) is 48.5 Å². The lowest BCUT2D eigenvalue weighted by Gasteiger charge is -2.35. The number of benzene rings is 4. The summed E-state index contributed by atoms with van der Waals surface area (Å²) in [6, 6.07) is 31.1. The summed E-state index contributed by atoms with van der Waals surface area (Å²) in [5, 5.41) is 6.63. The standard InChI is InChI=1S/C31H30N4OS/c36-30(22-25-8-5-7-24-6-1-2-9-27(24)25)32-26-14-12-23(13-15-26)16-17-34-18-20-35(21-19-34)31-28-10-3-4-11-29(28)37-33-31/h1-15H,16-22H2,(H,32,36). The molecule has 0 spiro atoms. The van der Waals surface area contributed by atoms with Crippen LogP contribution < -0.4 is 10.2 Å². The first-order valence-corrected chi connectivity index (χ1v) is 13.7. The summed E-state index contributed by atoms with van der Waals surface area (Å²) in [5.74, 6) is 1.15. The second kappa shape index (κ2) is 10.7. The summed E-state index contributed by atoms with van der Waals surface area (Å²) in [6.45, 7) is 5.16. The lowest BCUT2D eigenvalue weighted by Crippen LogP contribution is -2.47. The molecular formula is C31H30N4OS. The third-order valence-electron chi connectivity index (χ3n) is 7.22. The predicted molar refractivity (Wildman–Crippen MR) is 155 cm³/mol. The first-order valence-electron chi connectivity index (χ1n) is 12.9. The van der Waals surface area contributed by atoms with Crippen molar-refractivity contribution in [1.29, 1.82) is 0 Å². The van der Waals surface area contributed by atoms with E-state index in [0.717, 1.165) is 67.0 Å². The maximum Gasteiger partial charge on any atom is 0.228 e. The van der Waals surface area contributed by atoms with E-state index in [0.29, 0.717) is 6.42 Å². The summed E-state index contributed by atoms with van der Waals surface area (Å²) in [7, 11) is 0. The first-order chi connectivity index (χ1) is 18.2. The molecule has 6 heteroatoms. The normalized spacial score (nSPS) is 14.3. The molecule has 1 aliphatic rings. The van der Waals surface area contributed by atoms with Crippen LogP contribution in [0.4, 0.5) is 11.5 Å². The molecule has 6 rings (SSSR count). The highest BCUT2D eigenvalue weighted by molar-refractivity contribution is 7.13. The van der Waals surface area contributed by atoms with E-state index in [2.05, 4.69) is 69.7 Å². The molecule has 0 aliphatic carbocycles. The van der Waals surface area contributed by atoms with E-state index < -0.39 is 0 Å². The van der Waals surface area contributed by atoms with Crippen molar-refractivity contribution in [2.45, 2.75) is 12.8 Å². The van der Waals surface area contributed by atoms with E-state index in [4.69, 9.17) is 4.37 Å². The summed E-state index contributed by atoms with van der Waals surface area (Å²) < 4.78 is 5.98. The molecule has 37 heavy (non-hydrogen) atoms. The first kappa shape index (κ1) is 23.6. The molecule has 0 atom stereocenters. The van der Waals surface area contributed by atoms with Gasteiger partial charge < -0.3 is 10.2 Å². The fourth-order valence-electron chi connectivity index (χ4n) is 5.15. The minimum atomic E-state index is 0.00913. The van der Waals surface area contributed by atoms with Gasteiger partial charge in [0.15, 0.2) is 0 Å². The van der Waals surface area contributed by atoms with Crippen molar-refractivity contribution in [3.05, 3.63) is 102 Å². The number of nitrogens with one attached hydrogen (secondary N) is 1. The van der Waals surface area contributed by atoms with Crippen molar-refractivity contribution in [2.24, 2.45) is 0 Å². The number of amides is 1. The average Bonchev–Trinajstić information content (AvgIpc) is 3.37. The number of fused-ring (bicyclic) bond motifs is 2. The van der Waals surface area contributed by atoms with Crippen LogP contribution >= 0.6 is 11.5 Å². The highest BCUT2D eigenvalue weighted by atomic mass is 32.1. The summed E-state index contributed by atoms with van der Waals surface area (Å²) in [5.41, 5.74) is 3.19. The van der Waals surface area contributed by atoms with E-state index in [1.807, 2.05) is 36.4 Å². The second-order valence-electron chi connectivity index (χ2n) is 9.64. The molecule has 1 aliphatic heterocycles. The summed E-state index contributed by atoms with van der Waals surface area (Å²) >= 11 is 1.59. The van der Waals surface area contributed by atoms with Crippen LogP contribution in [0.1, 0.15) is 11.1 Å². The zero-order valence-corrected chi connectivity index (χ0v) is 21.6. The van der Waals surface area contributed by atoms with E-state index in [1.165, 1.54) is 15.6 Å². The molecule has 1 amide bonds. The number of hydrogen-bond acceptors (Lipinski definition) is 5. The second-order valence-corrected chi connectivity index (χ2v) is 10.4. The quantitative estimate of drug-likeness (QED) is 0.294. The Morgan fingerprint density at radius 2 is 1.54 bits per heavy atom. The van der Waals surface area contributed by atoms with Gasteiger partial charge in [0.05, 0.1) is 11.1 Å². The number of nitrogens with zero attached hydrogens (tertiary/aromatic N) is 3. The Labute approximate surface area is 221 Å². The van der Waals surface area contributed by atoms with Gasteiger partial charge in [-0.2, -0.15) is 4.37 Å². The van der Waals surface area contributed by atoms with Crippen molar-refractivity contribution in [1.82, 2.24) is 9.27 Å². The van der Waals surface area contributed by atoms with Crippen LogP contribution in [0.2, 0.25) is 0 Å². The van der Waals surface area contributed by atoms with Gasteiger partial charge in [0, 0.05) is 43.8 Å². The smallest absolute Gasteiger partial charge is 0.228 e. The highest BCUT2D eigenvalue weighted by Gasteiger charge is 2.20. The number of aromatic nitrogens is 1. The minimum absolute atomic E-state index is 0.00913. The number of carbonyl (C=O) groups is 1. The van der Waals surface area contributed by atoms with E-state index in [1.54, 1.807) is 11.5 Å². The summed E-state index contributed by atoms with van der Waals surface area (Å²) in [4.78, 5) is 17.7. The Balaban J connectivity index is 0.986. The molecule has 1 aromatic heterocycles. The van der Waals surface area contributed by atoms with Crippen LogP contribution in [0.25, 0.3) is 20.9 Å². The Bertz CT molecular complexity index is 1510. The zero-order valence-electron chi connectivity index (χ0n) is 20.8. The summed E-state index contributed by atoms with van der Waals surface area (Å²) in [6.07, 6.45) is 1.37. The van der Waals surface area contributed by atoms with Gasteiger partial charge in [-0.3, -0.25) is 9.69 Å². The van der Waals surface area contributed by atoms with E-state index in [9.17, 15) is 4.79 Å². The van der Waals surface area contributed by atoms with Crippen LogP contribution in [-0.2, 0) is 17.6 Å². The fraction of sp³-hybridized carbons (Fsp3) is 0.226. The third kappa shape index (κ3) is 5.36. The van der Waals surface area contributed by atoms with Crippen molar-refractivity contribution in [3.63, 3.8) is 0 Å². The van der Waals surface area contributed by atoms with Gasteiger partial charge in [-0.1, -0.05) is 66.7 Å². The largest absolute Gasteiger partial charge is 0.353 e. The van der Waals surface area contributed by atoms with Crippen molar-refractivity contribution in [2.75, 3.05) is 42.9 Å². The Hall–Kier alpha value is -3.74. The number of hydrogen-bond donors (Lipinski definition) is 1. The SMILES string of the molecule is O=C(Cc1cccc2ccccc12)Nc1ccc(CCN2CCN(c3nsc4ccccc34)CC2)cc1. The Kier molecular flexibility index (Phi) is 6.84. The van der Waals surface area contributed by atoms with Gasteiger partial charge in [-0.25, -0.2) is 0 Å². The molecule has 5 nitrogen and oxygen atoms in total. The number of carbonyl (C=O) groups excluding carboxylic acids is 1. The van der Waals surface area contributed by atoms with Crippen molar-refractivity contribution >= 4 is 49.8 Å². The maximum atomic E-state index is 12.7. The van der Waals surface area contributed by atoms with Crippen molar-refractivity contribution < 1.29 is 4.79 Å². The molecule has 0 bridgehead atoms. The molecule has 1 fully saturated rings. The monoisotopic (exact) mass is 506 g/mol. The van der Waals surface area contributed by atoms with Gasteiger partial charge in [0.1, 0.15) is 5.82 Å². The molecule has 0 radical (unpaired) electrons. The van der Waals surface area contributed by atoms with Gasteiger partial charge in [0.2, 0.25) is 5.91 Å². The molecule has 2 heterocycles. The van der Waals surface area contributed by atoms with E-state index >= 15 is 0 Å². The number of piperazine rings is 1. The Morgan fingerprint density at radius 3 is 2.38 bits per heavy atom. The van der Waals surface area contributed by atoms with Crippen LogP contribution in [-0.4, -0.2) is 47.9 Å². The average molecular weight is 507 g/mol. The molecule has 1 saturated heterocycles. The van der Waals surface area contributed by atoms with E-state index in [-0.39, 0.29) is 5.91 Å². The van der Waals surface area contributed by atoms with Crippen LogP contribution in [0.3, 0.4) is 0 Å². The molecule has 0 saturated carbocycles. The van der Waals surface area contributed by atoms with Crippen LogP contribution in [0.5, 0.6) is 0 Å². The third-order valence-corrected chi connectivity index (χ3v) is 8.03.